The number of nitro groups is 1. The van der Waals surface area contributed by atoms with Gasteiger partial charge in [0.2, 0.25) is 0 Å². The third kappa shape index (κ3) is 3.73. The lowest BCUT2D eigenvalue weighted by molar-refractivity contribution is -0.384. The molecule has 1 unspecified atom stereocenters. The van der Waals surface area contributed by atoms with E-state index in [1.807, 2.05) is 0 Å². The van der Waals surface area contributed by atoms with E-state index >= 15 is 0 Å². The minimum Gasteiger partial charge on any atom is -0.507 e. The summed E-state index contributed by atoms with van der Waals surface area (Å²) in [5, 5.41) is 21.9. The fourth-order valence-corrected chi connectivity index (χ4v) is 3.81. The number of rotatable bonds is 4. The van der Waals surface area contributed by atoms with Crippen molar-refractivity contribution in [3.05, 3.63) is 110 Å². The Morgan fingerprint density at radius 2 is 1.55 bits per heavy atom. The SMILES string of the molecule is O=C1C(=O)N(c2ccccc2)C(c2ccc(Br)cc2)C1=C(O)c1ccc([N+](=O)[O-])cc1. The normalized spacial score (nSPS) is 17.7. The van der Waals surface area contributed by atoms with E-state index in [4.69, 9.17) is 0 Å². The van der Waals surface area contributed by atoms with E-state index in [-0.39, 0.29) is 22.6 Å². The highest BCUT2D eigenvalue weighted by Crippen LogP contribution is 2.42. The van der Waals surface area contributed by atoms with Gasteiger partial charge in [0.1, 0.15) is 5.76 Å². The molecule has 0 spiro atoms. The van der Waals surface area contributed by atoms with Crippen LogP contribution < -0.4 is 4.90 Å². The third-order valence-electron chi connectivity index (χ3n) is 5.02. The van der Waals surface area contributed by atoms with E-state index in [0.717, 1.165) is 4.47 Å². The van der Waals surface area contributed by atoms with E-state index in [9.17, 15) is 24.8 Å². The number of halogens is 1. The van der Waals surface area contributed by atoms with Crippen LogP contribution >= 0.6 is 15.9 Å². The number of amides is 1. The molecule has 31 heavy (non-hydrogen) atoms. The van der Waals surface area contributed by atoms with Gasteiger partial charge in [0.05, 0.1) is 16.5 Å². The van der Waals surface area contributed by atoms with Crippen LogP contribution in [0.25, 0.3) is 5.76 Å². The maximum absolute atomic E-state index is 13.0. The lowest BCUT2D eigenvalue weighted by atomic mass is 9.95. The minimum absolute atomic E-state index is 0.0787. The van der Waals surface area contributed by atoms with Gasteiger partial charge in [0.25, 0.3) is 17.4 Å². The van der Waals surface area contributed by atoms with Gasteiger partial charge in [-0.05, 0) is 42.0 Å². The van der Waals surface area contributed by atoms with Crippen molar-refractivity contribution in [1.29, 1.82) is 0 Å². The van der Waals surface area contributed by atoms with Gasteiger partial charge in [-0.25, -0.2) is 0 Å². The number of hydrogen-bond acceptors (Lipinski definition) is 5. The van der Waals surface area contributed by atoms with Crippen LogP contribution in [0.5, 0.6) is 0 Å². The first kappa shape index (κ1) is 20.5. The third-order valence-corrected chi connectivity index (χ3v) is 5.54. The summed E-state index contributed by atoms with van der Waals surface area (Å²) in [6.07, 6.45) is 0. The Balaban J connectivity index is 1.91. The number of ketones is 1. The molecule has 8 heteroatoms. The molecular formula is C23H15BrN2O5. The fraction of sp³-hybridized carbons (Fsp3) is 0.0435. The predicted molar refractivity (Wildman–Crippen MR) is 118 cm³/mol. The summed E-state index contributed by atoms with van der Waals surface area (Å²) in [4.78, 5) is 37.7. The van der Waals surface area contributed by atoms with E-state index < -0.39 is 22.7 Å². The maximum atomic E-state index is 13.0. The number of benzene rings is 3. The van der Waals surface area contributed by atoms with Crippen LogP contribution in [0.15, 0.2) is 88.9 Å². The van der Waals surface area contributed by atoms with Crippen molar-refractivity contribution in [2.24, 2.45) is 0 Å². The van der Waals surface area contributed by atoms with E-state index in [1.165, 1.54) is 29.2 Å². The molecule has 4 rings (SSSR count). The molecule has 1 aliphatic rings. The van der Waals surface area contributed by atoms with Gasteiger partial charge >= 0.3 is 0 Å². The quantitative estimate of drug-likeness (QED) is 0.187. The molecule has 0 aromatic heterocycles. The summed E-state index contributed by atoms with van der Waals surface area (Å²) in [5.74, 6) is -1.98. The molecule has 0 bridgehead atoms. The topological polar surface area (TPSA) is 101 Å². The average molecular weight is 479 g/mol. The highest BCUT2D eigenvalue weighted by Gasteiger charge is 2.46. The molecule has 0 radical (unpaired) electrons. The lowest BCUT2D eigenvalue weighted by Gasteiger charge is -2.25. The van der Waals surface area contributed by atoms with Crippen molar-refractivity contribution >= 4 is 44.8 Å². The highest BCUT2D eigenvalue weighted by atomic mass is 79.9. The van der Waals surface area contributed by atoms with Crippen LogP contribution in [0.4, 0.5) is 11.4 Å². The number of carbonyl (C=O) groups is 2. The van der Waals surface area contributed by atoms with Crippen molar-refractivity contribution < 1.29 is 19.6 Å². The van der Waals surface area contributed by atoms with Gasteiger partial charge in [0.15, 0.2) is 0 Å². The maximum Gasteiger partial charge on any atom is 0.300 e. The Bertz CT molecular complexity index is 1200. The first-order valence-electron chi connectivity index (χ1n) is 9.25. The van der Waals surface area contributed by atoms with Crippen LogP contribution in [0.2, 0.25) is 0 Å². The fourth-order valence-electron chi connectivity index (χ4n) is 3.54. The number of para-hydroxylation sites is 1. The van der Waals surface area contributed by atoms with Gasteiger partial charge in [-0.15, -0.1) is 0 Å². The number of nitro benzene ring substituents is 1. The summed E-state index contributed by atoms with van der Waals surface area (Å²) in [5.41, 5.74) is 1.13. The number of carbonyl (C=O) groups excluding carboxylic acids is 2. The summed E-state index contributed by atoms with van der Waals surface area (Å²) in [6, 6.07) is 20.1. The molecule has 1 N–H and O–H groups in total. The zero-order chi connectivity index (χ0) is 22.1. The molecule has 1 saturated heterocycles. The Labute approximate surface area is 185 Å². The number of non-ortho nitro benzene ring substituents is 1. The number of aliphatic hydroxyl groups excluding tert-OH is 1. The van der Waals surface area contributed by atoms with Gasteiger partial charge in [-0.2, -0.15) is 0 Å². The van der Waals surface area contributed by atoms with Gasteiger partial charge in [-0.3, -0.25) is 24.6 Å². The standard InChI is InChI=1S/C23H15BrN2O5/c24-16-10-6-14(7-11-16)20-19(21(27)15-8-12-18(13-9-15)26(30)31)22(28)23(29)25(20)17-4-2-1-3-5-17/h1-13,20,27H. The number of hydrogen-bond donors (Lipinski definition) is 1. The van der Waals surface area contributed by atoms with Gasteiger partial charge in [0, 0.05) is 27.9 Å². The summed E-state index contributed by atoms with van der Waals surface area (Å²) >= 11 is 3.37. The first-order chi connectivity index (χ1) is 14.9. The smallest absolute Gasteiger partial charge is 0.300 e. The van der Waals surface area contributed by atoms with Gasteiger partial charge < -0.3 is 5.11 Å². The molecule has 1 aliphatic heterocycles. The lowest BCUT2D eigenvalue weighted by Crippen LogP contribution is -2.29. The first-order valence-corrected chi connectivity index (χ1v) is 10.0. The molecule has 154 valence electrons. The molecule has 1 fully saturated rings. The number of anilines is 1. The Morgan fingerprint density at radius 3 is 2.13 bits per heavy atom. The van der Waals surface area contributed by atoms with Crippen LogP contribution in [0.3, 0.4) is 0 Å². The Hall–Kier alpha value is -3.78. The van der Waals surface area contributed by atoms with Crippen molar-refractivity contribution in [2.75, 3.05) is 4.90 Å². The van der Waals surface area contributed by atoms with Crippen molar-refractivity contribution in [1.82, 2.24) is 0 Å². The summed E-state index contributed by atoms with van der Waals surface area (Å²) < 4.78 is 0.822. The molecule has 0 saturated carbocycles. The highest BCUT2D eigenvalue weighted by molar-refractivity contribution is 9.10. The number of Topliss-reactive ketones (excluding diaryl/α,β-unsaturated/α-hetero) is 1. The van der Waals surface area contributed by atoms with Crippen molar-refractivity contribution in [3.8, 4) is 0 Å². The number of nitrogens with zero attached hydrogens (tertiary/aromatic N) is 2. The Morgan fingerprint density at radius 1 is 0.935 bits per heavy atom. The average Bonchev–Trinajstić information content (AvgIpc) is 3.05. The number of aliphatic hydroxyl groups is 1. The largest absolute Gasteiger partial charge is 0.507 e. The van der Waals surface area contributed by atoms with E-state index in [0.29, 0.717) is 11.3 Å². The van der Waals surface area contributed by atoms with Crippen molar-refractivity contribution in [3.63, 3.8) is 0 Å². The molecule has 3 aromatic carbocycles. The van der Waals surface area contributed by atoms with Crippen molar-refractivity contribution in [2.45, 2.75) is 6.04 Å². The van der Waals surface area contributed by atoms with E-state index in [1.54, 1.807) is 54.6 Å². The molecule has 7 nitrogen and oxygen atoms in total. The minimum atomic E-state index is -0.856. The van der Waals surface area contributed by atoms with E-state index in [2.05, 4.69) is 15.9 Å². The molecule has 0 aliphatic carbocycles. The van der Waals surface area contributed by atoms with Crippen LogP contribution in [-0.4, -0.2) is 21.7 Å². The Kier molecular flexibility index (Phi) is 5.39. The second-order valence-corrected chi connectivity index (χ2v) is 7.78. The summed E-state index contributed by atoms with van der Waals surface area (Å²) in [7, 11) is 0. The molecule has 3 aromatic rings. The van der Waals surface area contributed by atoms with Gasteiger partial charge in [-0.1, -0.05) is 46.3 Å². The van der Waals surface area contributed by atoms with Crippen LogP contribution in [0, 0.1) is 10.1 Å². The second kappa shape index (κ2) is 8.16. The monoisotopic (exact) mass is 478 g/mol. The van der Waals surface area contributed by atoms with Crippen LogP contribution in [-0.2, 0) is 9.59 Å². The second-order valence-electron chi connectivity index (χ2n) is 6.86. The predicted octanol–water partition coefficient (Wildman–Crippen LogP) is 4.98. The molecular weight excluding hydrogens is 464 g/mol. The molecule has 1 heterocycles. The zero-order valence-electron chi connectivity index (χ0n) is 15.9. The summed E-state index contributed by atoms with van der Waals surface area (Å²) in [6.45, 7) is 0. The zero-order valence-corrected chi connectivity index (χ0v) is 17.5. The molecule has 1 atom stereocenters. The molecule has 1 amide bonds. The van der Waals surface area contributed by atoms with Crippen LogP contribution in [0.1, 0.15) is 17.2 Å².